The molecule has 0 fully saturated rings. The lowest BCUT2D eigenvalue weighted by molar-refractivity contribution is -0.138. The first-order valence-electron chi connectivity index (χ1n) is 9.68. The lowest BCUT2D eigenvalue weighted by Crippen LogP contribution is -2.28. The molecule has 0 aliphatic carbocycles. The van der Waals surface area contributed by atoms with Crippen molar-refractivity contribution in [1.82, 2.24) is 15.1 Å². The standard InChI is InChI=1S/C23H18F3N3O3/c1-13-9-14(2)29(28-13)17-8-7-16(19(11-17)23(24,25)26)12-27-21(30)18-10-15-5-3-4-6-20(15)32-22(18)31/h3-11H,12H2,1-2H3,(H,27,30). The summed E-state index contributed by atoms with van der Waals surface area (Å²) in [6.45, 7) is 3.08. The summed E-state index contributed by atoms with van der Waals surface area (Å²) in [6.07, 6.45) is -4.64. The number of para-hydroxylation sites is 1. The fourth-order valence-corrected chi connectivity index (χ4v) is 3.50. The van der Waals surface area contributed by atoms with E-state index in [0.29, 0.717) is 22.4 Å². The maximum atomic E-state index is 13.7. The Labute approximate surface area is 180 Å². The molecule has 4 aromatic rings. The number of rotatable bonds is 4. The summed E-state index contributed by atoms with van der Waals surface area (Å²) in [5, 5.41) is 7.13. The number of hydrogen-bond donors (Lipinski definition) is 1. The Morgan fingerprint density at radius 2 is 1.84 bits per heavy atom. The molecule has 0 aliphatic heterocycles. The summed E-state index contributed by atoms with van der Waals surface area (Å²) in [7, 11) is 0. The molecule has 1 amide bonds. The van der Waals surface area contributed by atoms with Crippen molar-refractivity contribution in [3.8, 4) is 5.69 Å². The second-order valence-electron chi connectivity index (χ2n) is 7.35. The molecule has 0 atom stereocenters. The summed E-state index contributed by atoms with van der Waals surface area (Å²) in [5.74, 6) is -0.819. The highest BCUT2D eigenvalue weighted by Gasteiger charge is 2.34. The Hall–Kier alpha value is -3.88. The average molecular weight is 441 g/mol. The van der Waals surface area contributed by atoms with Crippen molar-refractivity contribution in [3.63, 3.8) is 0 Å². The van der Waals surface area contributed by atoms with Gasteiger partial charge in [-0.1, -0.05) is 24.3 Å². The number of aryl methyl sites for hydroxylation is 2. The van der Waals surface area contributed by atoms with Gasteiger partial charge in [0.2, 0.25) is 0 Å². The predicted molar refractivity (Wildman–Crippen MR) is 112 cm³/mol. The van der Waals surface area contributed by atoms with Crippen molar-refractivity contribution in [1.29, 1.82) is 0 Å². The number of nitrogens with one attached hydrogen (secondary N) is 1. The van der Waals surface area contributed by atoms with Gasteiger partial charge < -0.3 is 9.73 Å². The van der Waals surface area contributed by atoms with Gasteiger partial charge in [-0.25, -0.2) is 9.48 Å². The number of amides is 1. The number of carbonyl (C=O) groups is 1. The van der Waals surface area contributed by atoms with Crippen LogP contribution in [-0.2, 0) is 12.7 Å². The lowest BCUT2D eigenvalue weighted by atomic mass is 10.1. The molecule has 0 radical (unpaired) electrons. The first-order chi connectivity index (χ1) is 15.1. The third-order valence-corrected chi connectivity index (χ3v) is 4.98. The molecule has 32 heavy (non-hydrogen) atoms. The van der Waals surface area contributed by atoms with Crippen LogP contribution in [0.25, 0.3) is 16.7 Å². The molecule has 1 N–H and O–H groups in total. The van der Waals surface area contributed by atoms with Gasteiger partial charge in [0.25, 0.3) is 5.91 Å². The van der Waals surface area contributed by atoms with E-state index in [0.717, 1.165) is 6.07 Å². The molecule has 0 bridgehead atoms. The Bertz CT molecular complexity index is 1390. The van der Waals surface area contributed by atoms with Crippen LogP contribution in [-0.4, -0.2) is 15.7 Å². The van der Waals surface area contributed by atoms with Crippen molar-refractivity contribution in [3.05, 3.63) is 93.1 Å². The third-order valence-electron chi connectivity index (χ3n) is 4.98. The van der Waals surface area contributed by atoms with E-state index in [1.165, 1.54) is 22.9 Å². The first kappa shape index (κ1) is 21.4. The molecule has 0 unspecified atom stereocenters. The van der Waals surface area contributed by atoms with Crippen molar-refractivity contribution >= 4 is 16.9 Å². The van der Waals surface area contributed by atoms with Crippen LogP contribution >= 0.6 is 0 Å². The number of fused-ring (bicyclic) bond motifs is 1. The first-order valence-corrected chi connectivity index (χ1v) is 9.68. The minimum absolute atomic E-state index is 0.138. The zero-order valence-corrected chi connectivity index (χ0v) is 17.2. The largest absolute Gasteiger partial charge is 0.422 e. The molecule has 0 aliphatic rings. The Morgan fingerprint density at radius 3 is 2.53 bits per heavy atom. The number of halogens is 3. The van der Waals surface area contributed by atoms with E-state index in [1.807, 2.05) is 0 Å². The Kier molecular flexibility index (Phi) is 5.33. The molecule has 9 heteroatoms. The van der Waals surface area contributed by atoms with Gasteiger partial charge in [0.1, 0.15) is 11.1 Å². The number of aromatic nitrogens is 2. The van der Waals surface area contributed by atoms with Gasteiger partial charge in [-0.15, -0.1) is 0 Å². The van der Waals surface area contributed by atoms with E-state index in [2.05, 4.69) is 10.4 Å². The van der Waals surface area contributed by atoms with Crippen molar-refractivity contribution in [2.45, 2.75) is 26.6 Å². The summed E-state index contributed by atoms with van der Waals surface area (Å²) < 4.78 is 47.7. The minimum Gasteiger partial charge on any atom is -0.422 e. The SMILES string of the molecule is Cc1cc(C)n(-c2ccc(CNC(=O)c3cc4ccccc4oc3=O)c(C(F)(F)F)c2)n1. The number of benzene rings is 2. The van der Waals surface area contributed by atoms with Crippen LogP contribution in [0.4, 0.5) is 13.2 Å². The minimum atomic E-state index is -4.64. The van der Waals surface area contributed by atoms with Crippen molar-refractivity contribution in [2.24, 2.45) is 0 Å². The number of hydrogen-bond acceptors (Lipinski definition) is 4. The number of alkyl halides is 3. The fraction of sp³-hybridized carbons (Fsp3) is 0.174. The van der Waals surface area contributed by atoms with E-state index < -0.39 is 29.8 Å². The maximum absolute atomic E-state index is 13.7. The smallest absolute Gasteiger partial charge is 0.416 e. The maximum Gasteiger partial charge on any atom is 0.416 e. The fourth-order valence-electron chi connectivity index (χ4n) is 3.50. The number of carbonyl (C=O) groups excluding carboxylic acids is 1. The summed E-state index contributed by atoms with van der Waals surface area (Å²) in [5.41, 5.74) is -0.231. The van der Waals surface area contributed by atoms with Crippen LogP contribution in [0.15, 0.2) is 63.8 Å². The molecule has 164 valence electrons. The predicted octanol–water partition coefficient (Wildman–Crippen LogP) is 4.54. The average Bonchev–Trinajstić information content (AvgIpc) is 3.08. The van der Waals surface area contributed by atoms with E-state index in [9.17, 15) is 22.8 Å². The quantitative estimate of drug-likeness (QED) is 0.472. The Morgan fingerprint density at radius 1 is 1.09 bits per heavy atom. The molecule has 6 nitrogen and oxygen atoms in total. The van der Waals surface area contributed by atoms with Crippen molar-refractivity contribution < 1.29 is 22.4 Å². The molecule has 4 rings (SSSR count). The van der Waals surface area contributed by atoms with Crippen LogP contribution in [0, 0.1) is 13.8 Å². The Balaban J connectivity index is 1.63. The summed E-state index contributed by atoms with van der Waals surface area (Å²) in [6, 6.07) is 13.5. The topological polar surface area (TPSA) is 77.1 Å². The summed E-state index contributed by atoms with van der Waals surface area (Å²) in [4.78, 5) is 24.6. The molecule has 2 aromatic heterocycles. The molecule has 0 spiro atoms. The monoisotopic (exact) mass is 441 g/mol. The molecular formula is C23H18F3N3O3. The van der Waals surface area contributed by atoms with Crippen LogP contribution in [0.5, 0.6) is 0 Å². The second kappa shape index (κ2) is 7.99. The third kappa shape index (κ3) is 4.14. The molecular weight excluding hydrogens is 423 g/mol. The van der Waals surface area contributed by atoms with Gasteiger partial charge in [-0.05, 0) is 49.7 Å². The molecule has 2 heterocycles. The van der Waals surface area contributed by atoms with Gasteiger partial charge in [0.15, 0.2) is 0 Å². The van der Waals surface area contributed by atoms with Gasteiger partial charge in [0, 0.05) is 17.6 Å². The van der Waals surface area contributed by atoms with Crippen LogP contribution in [0.2, 0.25) is 0 Å². The molecule has 0 saturated carbocycles. The second-order valence-corrected chi connectivity index (χ2v) is 7.35. The van der Waals surface area contributed by atoms with Crippen LogP contribution in [0.3, 0.4) is 0 Å². The highest BCUT2D eigenvalue weighted by atomic mass is 19.4. The van der Waals surface area contributed by atoms with Gasteiger partial charge in [-0.2, -0.15) is 18.3 Å². The zero-order chi connectivity index (χ0) is 23.0. The van der Waals surface area contributed by atoms with Crippen LogP contribution in [0.1, 0.15) is 32.9 Å². The van der Waals surface area contributed by atoms with E-state index in [-0.39, 0.29) is 16.8 Å². The van der Waals surface area contributed by atoms with Crippen LogP contribution < -0.4 is 10.9 Å². The summed E-state index contributed by atoms with van der Waals surface area (Å²) >= 11 is 0. The lowest BCUT2D eigenvalue weighted by Gasteiger charge is -2.16. The highest BCUT2D eigenvalue weighted by molar-refractivity contribution is 5.96. The highest BCUT2D eigenvalue weighted by Crippen LogP contribution is 2.33. The van der Waals surface area contributed by atoms with E-state index in [4.69, 9.17) is 4.42 Å². The van der Waals surface area contributed by atoms with E-state index in [1.54, 1.807) is 44.2 Å². The van der Waals surface area contributed by atoms with Gasteiger partial charge in [0.05, 0.1) is 16.9 Å². The molecule has 0 saturated heterocycles. The molecule has 2 aromatic carbocycles. The van der Waals surface area contributed by atoms with Gasteiger partial charge >= 0.3 is 11.8 Å². The normalized spacial score (nSPS) is 11.7. The zero-order valence-electron chi connectivity index (χ0n) is 17.2. The van der Waals surface area contributed by atoms with E-state index >= 15 is 0 Å². The number of nitrogens with zero attached hydrogens (tertiary/aromatic N) is 2. The van der Waals surface area contributed by atoms with Crippen molar-refractivity contribution in [2.75, 3.05) is 0 Å². The van der Waals surface area contributed by atoms with Gasteiger partial charge in [-0.3, -0.25) is 4.79 Å².